The molecule has 0 bridgehead atoms. The van der Waals surface area contributed by atoms with Gasteiger partial charge in [0.05, 0.1) is 25.3 Å². The molecule has 0 saturated heterocycles. The molecule has 4 rings (SSSR count). The van der Waals surface area contributed by atoms with Gasteiger partial charge < -0.3 is 14.8 Å². The van der Waals surface area contributed by atoms with E-state index < -0.39 is 23.5 Å². The first-order valence-electron chi connectivity index (χ1n) is 10.5. The van der Waals surface area contributed by atoms with Crippen molar-refractivity contribution in [2.45, 2.75) is 32.6 Å². The van der Waals surface area contributed by atoms with E-state index in [1.165, 1.54) is 17.9 Å². The lowest BCUT2D eigenvalue weighted by Gasteiger charge is -2.23. The summed E-state index contributed by atoms with van der Waals surface area (Å²) < 4.78 is 40.0. The fourth-order valence-electron chi connectivity index (χ4n) is 3.95. The van der Waals surface area contributed by atoms with Gasteiger partial charge in [-0.25, -0.2) is 13.5 Å². The first-order chi connectivity index (χ1) is 15.8. The molecule has 0 unspecified atom stereocenters. The van der Waals surface area contributed by atoms with Crippen LogP contribution < -0.4 is 14.8 Å². The van der Waals surface area contributed by atoms with E-state index in [0.29, 0.717) is 34.9 Å². The Morgan fingerprint density at radius 2 is 2.00 bits per heavy atom. The highest BCUT2D eigenvalue weighted by molar-refractivity contribution is 6.08. The smallest absolute Gasteiger partial charge is 0.226 e. The summed E-state index contributed by atoms with van der Waals surface area (Å²) in [6.07, 6.45) is 0.738. The van der Waals surface area contributed by atoms with E-state index in [2.05, 4.69) is 10.4 Å². The van der Waals surface area contributed by atoms with Crippen LogP contribution in [0, 0.1) is 18.6 Å². The fraction of sp³-hybridized carbons (Fsp3) is 0.292. The van der Waals surface area contributed by atoms with Gasteiger partial charge in [-0.3, -0.25) is 9.59 Å². The molecule has 2 aromatic carbocycles. The second-order valence-electron chi connectivity index (χ2n) is 7.74. The van der Waals surface area contributed by atoms with E-state index in [1.54, 1.807) is 25.1 Å². The molecule has 1 amide bonds. The predicted molar refractivity (Wildman–Crippen MR) is 117 cm³/mol. The van der Waals surface area contributed by atoms with Gasteiger partial charge in [-0.1, -0.05) is 6.92 Å². The Kier molecular flexibility index (Phi) is 6.13. The first-order valence-corrected chi connectivity index (χ1v) is 10.5. The molecule has 1 aliphatic rings. The number of rotatable bonds is 7. The Bertz CT molecular complexity index is 1240. The Morgan fingerprint density at radius 3 is 2.70 bits per heavy atom. The van der Waals surface area contributed by atoms with Gasteiger partial charge >= 0.3 is 0 Å². The van der Waals surface area contributed by atoms with E-state index in [1.807, 2.05) is 6.92 Å². The number of hydrogen-bond acceptors (Lipinski definition) is 5. The predicted octanol–water partition coefficient (Wildman–Crippen LogP) is 4.57. The molecule has 1 aromatic heterocycles. The van der Waals surface area contributed by atoms with Crippen molar-refractivity contribution in [3.05, 3.63) is 64.9 Å². The highest BCUT2D eigenvalue weighted by Gasteiger charge is 2.37. The number of carbonyl (C=O) groups is 2. The van der Waals surface area contributed by atoms with Crippen LogP contribution >= 0.6 is 0 Å². The third-order valence-electron chi connectivity index (χ3n) is 5.47. The van der Waals surface area contributed by atoms with Gasteiger partial charge in [0.15, 0.2) is 23.1 Å². The molecule has 0 fully saturated rings. The normalized spacial score (nSPS) is 15.1. The zero-order chi connectivity index (χ0) is 23.7. The van der Waals surface area contributed by atoms with Crippen LogP contribution in [0.25, 0.3) is 5.69 Å². The topological polar surface area (TPSA) is 82.5 Å². The number of aryl methyl sites for hydroxylation is 1. The number of benzene rings is 2. The summed E-state index contributed by atoms with van der Waals surface area (Å²) in [5.74, 6) is -1.96. The molecule has 172 valence electrons. The number of hydrogen-bond donors (Lipinski definition) is 1. The second kappa shape index (κ2) is 9.01. The van der Waals surface area contributed by atoms with E-state index in [9.17, 15) is 18.4 Å². The monoisotopic (exact) mass is 455 g/mol. The Labute approximate surface area is 189 Å². The minimum atomic E-state index is -0.838. The third-order valence-corrected chi connectivity index (χ3v) is 5.47. The van der Waals surface area contributed by atoms with Crippen molar-refractivity contribution in [2.24, 2.45) is 0 Å². The summed E-state index contributed by atoms with van der Waals surface area (Å²) >= 11 is 0. The number of aromatic nitrogens is 2. The summed E-state index contributed by atoms with van der Waals surface area (Å²) in [6, 6.07) is 7.94. The molecule has 2 heterocycles. The van der Waals surface area contributed by atoms with Crippen LogP contribution in [0.4, 0.5) is 14.6 Å². The molecule has 3 aromatic rings. The SMILES string of the molecule is CCCOc1ccc(C(=O)[C@H]2CC(=O)Nc3c2c(C)nn3-c2ccc(F)cc2F)cc1OC. The Hall–Kier alpha value is -3.75. The molecule has 0 aliphatic carbocycles. The quantitative estimate of drug-likeness (QED) is 0.528. The van der Waals surface area contributed by atoms with Crippen LogP contribution in [0.1, 0.15) is 47.3 Å². The molecule has 9 heteroatoms. The number of anilines is 1. The van der Waals surface area contributed by atoms with E-state index in [4.69, 9.17) is 9.47 Å². The van der Waals surface area contributed by atoms with Crippen molar-refractivity contribution < 1.29 is 27.8 Å². The van der Waals surface area contributed by atoms with Crippen molar-refractivity contribution in [3.8, 4) is 17.2 Å². The molecule has 1 atom stereocenters. The lowest BCUT2D eigenvalue weighted by molar-refractivity contribution is -0.116. The van der Waals surface area contributed by atoms with Gasteiger partial charge in [0.2, 0.25) is 5.91 Å². The van der Waals surface area contributed by atoms with Crippen LogP contribution in [0.5, 0.6) is 11.5 Å². The van der Waals surface area contributed by atoms with Crippen molar-refractivity contribution in [3.63, 3.8) is 0 Å². The largest absolute Gasteiger partial charge is 0.493 e. The summed E-state index contributed by atoms with van der Waals surface area (Å²) in [7, 11) is 1.49. The number of fused-ring (bicyclic) bond motifs is 1. The van der Waals surface area contributed by atoms with Crippen LogP contribution in [0.2, 0.25) is 0 Å². The fourth-order valence-corrected chi connectivity index (χ4v) is 3.95. The van der Waals surface area contributed by atoms with Crippen LogP contribution in [-0.2, 0) is 4.79 Å². The van der Waals surface area contributed by atoms with Crippen molar-refractivity contribution in [1.82, 2.24) is 9.78 Å². The van der Waals surface area contributed by atoms with Gasteiger partial charge in [-0.15, -0.1) is 0 Å². The van der Waals surface area contributed by atoms with Crippen LogP contribution in [-0.4, -0.2) is 35.2 Å². The van der Waals surface area contributed by atoms with Crippen molar-refractivity contribution in [1.29, 1.82) is 0 Å². The van der Waals surface area contributed by atoms with Gasteiger partial charge in [0, 0.05) is 23.6 Å². The maximum absolute atomic E-state index is 14.4. The average Bonchev–Trinajstić information content (AvgIpc) is 3.12. The second-order valence-corrected chi connectivity index (χ2v) is 7.74. The van der Waals surface area contributed by atoms with Crippen molar-refractivity contribution in [2.75, 3.05) is 19.0 Å². The molecule has 0 saturated carbocycles. The maximum atomic E-state index is 14.4. The molecular weight excluding hydrogens is 432 g/mol. The molecule has 0 radical (unpaired) electrons. The first kappa shape index (κ1) is 22.4. The van der Waals surface area contributed by atoms with Crippen molar-refractivity contribution >= 4 is 17.5 Å². The number of Topliss-reactive ketones (excluding diaryl/α,β-unsaturated/α-hetero) is 1. The summed E-state index contributed by atoms with van der Waals surface area (Å²) in [5, 5.41) is 7.02. The number of amides is 1. The summed E-state index contributed by atoms with van der Waals surface area (Å²) in [6.45, 7) is 4.17. The maximum Gasteiger partial charge on any atom is 0.226 e. The molecule has 1 N–H and O–H groups in total. The molecule has 33 heavy (non-hydrogen) atoms. The lowest BCUT2D eigenvalue weighted by atomic mass is 9.85. The molecule has 7 nitrogen and oxygen atoms in total. The Balaban J connectivity index is 1.75. The number of methoxy groups -OCH3 is 1. The Morgan fingerprint density at radius 1 is 1.21 bits per heavy atom. The zero-order valence-corrected chi connectivity index (χ0v) is 18.4. The van der Waals surface area contributed by atoms with E-state index >= 15 is 0 Å². The minimum Gasteiger partial charge on any atom is -0.493 e. The van der Waals surface area contributed by atoms with E-state index in [0.717, 1.165) is 18.6 Å². The minimum absolute atomic E-state index is 0.0340. The van der Waals surface area contributed by atoms with Gasteiger partial charge in [-0.2, -0.15) is 5.10 Å². The lowest BCUT2D eigenvalue weighted by Crippen LogP contribution is -2.28. The van der Waals surface area contributed by atoms with Crippen LogP contribution in [0.15, 0.2) is 36.4 Å². The zero-order valence-electron chi connectivity index (χ0n) is 18.4. The molecule has 0 spiro atoms. The number of ketones is 1. The summed E-state index contributed by atoms with van der Waals surface area (Å²) in [5.41, 5.74) is 1.27. The molecule has 1 aliphatic heterocycles. The highest BCUT2D eigenvalue weighted by Crippen LogP contribution is 2.39. The number of nitrogens with zero attached hydrogens (tertiary/aromatic N) is 2. The number of halogens is 2. The number of ether oxygens (including phenoxy) is 2. The summed E-state index contributed by atoms with van der Waals surface area (Å²) in [4.78, 5) is 26.0. The third kappa shape index (κ3) is 4.18. The van der Waals surface area contributed by atoms with Gasteiger partial charge in [0.1, 0.15) is 17.3 Å². The van der Waals surface area contributed by atoms with Gasteiger partial charge in [-0.05, 0) is 43.7 Å². The highest BCUT2D eigenvalue weighted by atomic mass is 19.1. The van der Waals surface area contributed by atoms with Crippen LogP contribution in [0.3, 0.4) is 0 Å². The average molecular weight is 455 g/mol. The molecular formula is C24H23F2N3O4. The number of nitrogens with one attached hydrogen (secondary N) is 1. The standard InChI is InChI=1S/C24H23F2N3O4/c1-4-9-33-19-8-5-14(10-20(19)32-3)23(31)16-12-21(30)27-24-22(16)13(2)28-29(24)18-7-6-15(25)11-17(18)26/h5-8,10-11,16H,4,9,12H2,1-3H3,(H,27,30)/t16-/m0/s1. The van der Waals surface area contributed by atoms with Gasteiger partial charge in [0.25, 0.3) is 0 Å². The van der Waals surface area contributed by atoms with E-state index in [-0.39, 0.29) is 23.7 Å². The number of carbonyl (C=O) groups excluding carboxylic acids is 2.